The van der Waals surface area contributed by atoms with Crippen LogP contribution in [0.4, 0.5) is 32.3 Å². The Bertz CT molecular complexity index is 2330. The number of carbonyl (C=O) groups is 6. The molecule has 1 aliphatic carbocycles. The lowest BCUT2D eigenvalue weighted by atomic mass is 9.88. The fourth-order valence-corrected chi connectivity index (χ4v) is 10.9. The number of likely N-dealkylation sites (N-methyl/N-ethyl adjacent to an activating group) is 1. The zero-order chi connectivity index (χ0) is 44.8. The minimum Gasteiger partial charge on any atom is -0.369 e. The Kier molecular flexibility index (Phi) is 11.9. The highest BCUT2D eigenvalue weighted by Gasteiger charge is 2.51. The Hall–Kier alpha value is -6.24. The third-order valence-electron chi connectivity index (χ3n) is 14.4. The Balaban J connectivity index is 0.758. The van der Waals surface area contributed by atoms with Gasteiger partial charge in [-0.3, -0.25) is 34.2 Å². The summed E-state index contributed by atoms with van der Waals surface area (Å²) >= 11 is 0. The van der Waals surface area contributed by atoms with Crippen LogP contribution in [-0.2, 0) is 9.59 Å². The van der Waals surface area contributed by atoms with Crippen LogP contribution in [0.1, 0.15) is 101 Å². The first-order chi connectivity index (χ1) is 30.9. The topological polar surface area (TPSA) is 211 Å². The normalized spacial score (nSPS) is 23.3. The Morgan fingerprint density at radius 2 is 1.59 bits per heavy atom. The highest BCUT2D eigenvalue weighted by atomic mass is 19.1. The monoisotopic (exact) mass is 878 g/mol. The third kappa shape index (κ3) is 8.32. The number of halogens is 1. The number of fused-ring (bicyclic) bond motifs is 3. The second-order valence-corrected chi connectivity index (χ2v) is 18.4. The predicted octanol–water partition coefficient (Wildman–Crippen LogP) is 3.32. The number of nitrogens with zero attached hydrogens (tertiary/aromatic N) is 9. The maximum absolute atomic E-state index is 15.5. The number of piperidine rings is 3. The molecule has 1 aromatic heterocycles. The van der Waals surface area contributed by atoms with Crippen molar-refractivity contribution < 1.29 is 33.2 Å². The van der Waals surface area contributed by atoms with Gasteiger partial charge in [-0.25, -0.2) is 9.18 Å². The molecule has 0 spiro atoms. The standard InChI is InChI=1S/C45H55FN12O6/c1-26(3-8-38(60)48-25-59)58-42(62)32-21-34(46)35(22-33(32)43(58)63)55-15-9-27(10-16-55)23-54-13-11-30(12-14-54)29-4-6-31(7-5-29)49-41-39(40(47)61)51-52-44(50-41)57-24-28-19-36(37(57)20-28)56-18-17-53(2)45(56)64/h4-7,21-22,25-28,30,36-37H,3,8-20,23-24H2,1-2H3,(H2,47,61)(H,48,59,60)(H,49,50,52). The maximum Gasteiger partial charge on any atom is 0.320 e. The van der Waals surface area contributed by atoms with Crippen LogP contribution in [0.25, 0.3) is 0 Å². The van der Waals surface area contributed by atoms with E-state index in [2.05, 4.69) is 42.8 Å². The number of nitrogens with two attached hydrogens (primary N) is 1. The Labute approximate surface area is 370 Å². The van der Waals surface area contributed by atoms with Crippen LogP contribution in [0, 0.1) is 17.7 Å². The molecule has 4 saturated heterocycles. The van der Waals surface area contributed by atoms with Gasteiger partial charge < -0.3 is 35.6 Å². The van der Waals surface area contributed by atoms with Gasteiger partial charge in [0.2, 0.25) is 18.3 Å². The molecule has 19 heteroatoms. The molecule has 6 heterocycles. The quantitative estimate of drug-likeness (QED) is 0.157. The molecule has 0 radical (unpaired) electrons. The SMILES string of the molecule is CC(CCC(=O)NC=O)N1C(=O)c2cc(F)c(N3CCC(CN4CCC(c5ccc(Nc6nc(N7CC8CC(N9CCN(C)C9=O)C7C8)nnc6C(N)=O)cc5)CC4)CC3)cc2C1=O. The first-order valence-electron chi connectivity index (χ1n) is 22.5. The van der Waals surface area contributed by atoms with E-state index in [0.717, 1.165) is 81.4 Å². The van der Waals surface area contributed by atoms with Crippen molar-refractivity contribution in [3.05, 3.63) is 64.6 Å². The molecule has 9 rings (SSSR count). The lowest BCUT2D eigenvalue weighted by Gasteiger charge is -2.38. The van der Waals surface area contributed by atoms with Gasteiger partial charge in [0.25, 0.3) is 17.7 Å². The number of amides is 7. The van der Waals surface area contributed by atoms with Crippen LogP contribution < -0.4 is 26.2 Å². The summed E-state index contributed by atoms with van der Waals surface area (Å²) in [6.07, 6.45) is 6.13. The van der Waals surface area contributed by atoms with Crippen molar-refractivity contribution in [1.82, 2.24) is 40.1 Å². The van der Waals surface area contributed by atoms with E-state index < -0.39 is 35.5 Å². The van der Waals surface area contributed by atoms with Gasteiger partial charge >= 0.3 is 6.03 Å². The molecule has 1 saturated carbocycles. The van der Waals surface area contributed by atoms with Crippen LogP contribution in [0.3, 0.4) is 0 Å². The highest BCUT2D eigenvalue weighted by molar-refractivity contribution is 6.22. The van der Waals surface area contributed by atoms with Crippen molar-refractivity contribution in [1.29, 1.82) is 0 Å². The zero-order valence-electron chi connectivity index (χ0n) is 36.2. The molecule has 5 fully saturated rings. The summed E-state index contributed by atoms with van der Waals surface area (Å²) in [6.45, 7) is 8.02. The molecular weight excluding hydrogens is 824 g/mol. The van der Waals surface area contributed by atoms with E-state index >= 15 is 4.39 Å². The fraction of sp³-hybridized carbons (Fsp3) is 0.533. The first kappa shape index (κ1) is 43.0. The van der Waals surface area contributed by atoms with Gasteiger partial charge in [-0.1, -0.05) is 12.1 Å². The fourth-order valence-electron chi connectivity index (χ4n) is 10.9. The second kappa shape index (κ2) is 17.7. The largest absolute Gasteiger partial charge is 0.369 e. The number of nitrogens with one attached hydrogen (secondary N) is 2. The van der Waals surface area contributed by atoms with E-state index in [-0.39, 0.29) is 53.6 Å². The van der Waals surface area contributed by atoms with E-state index in [1.807, 2.05) is 29.0 Å². The lowest BCUT2D eigenvalue weighted by Crippen LogP contribution is -2.52. The number of hydrogen-bond donors (Lipinski definition) is 3. The summed E-state index contributed by atoms with van der Waals surface area (Å²) in [5.41, 5.74) is 8.18. The summed E-state index contributed by atoms with van der Waals surface area (Å²) in [7, 11) is 1.83. The number of aromatic nitrogens is 3. The number of imide groups is 2. The summed E-state index contributed by atoms with van der Waals surface area (Å²) in [5.74, 6) is -0.904. The molecule has 7 amide bonds. The van der Waals surface area contributed by atoms with Gasteiger partial charge in [0.1, 0.15) is 5.82 Å². The molecule has 4 N–H and O–H groups in total. The van der Waals surface area contributed by atoms with Gasteiger partial charge in [0.15, 0.2) is 11.5 Å². The summed E-state index contributed by atoms with van der Waals surface area (Å²) < 4.78 is 15.5. The van der Waals surface area contributed by atoms with Crippen molar-refractivity contribution >= 4 is 59.2 Å². The number of anilines is 4. The van der Waals surface area contributed by atoms with Crippen LogP contribution in [0.15, 0.2) is 36.4 Å². The minimum atomic E-state index is -0.725. The van der Waals surface area contributed by atoms with Crippen LogP contribution in [-0.4, -0.2) is 148 Å². The molecule has 2 bridgehead atoms. The van der Waals surface area contributed by atoms with Crippen molar-refractivity contribution in [3.63, 3.8) is 0 Å². The molecule has 18 nitrogen and oxygen atoms in total. The molecular formula is C45H55FN12O6. The van der Waals surface area contributed by atoms with E-state index in [1.54, 1.807) is 11.8 Å². The maximum atomic E-state index is 15.5. The highest BCUT2D eigenvalue weighted by Crippen LogP contribution is 2.43. The predicted molar refractivity (Wildman–Crippen MR) is 234 cm³/mol. The number of likely N-dealkylation sites (tertiary alicyclic amines) is 1. The number of hydrogen-bond acceptors (Lipinski definition) is 13. The number of urea groups is 1. The van der Waals surface area contributed by atoms with E-state index in [0.29, 0.717) is 62.0 Å². The van der Waals surface area contributed by atoms with Gasteiger partial charge in [-0.15, -0.1) is 10.2 Å². The number of benzene rings is 2. The minimum absolute atomic E-state index is 0.0268. The molecule has 5 aliphatic heterocycles. The summed E-state index contributed by atoms with van der Waals surface area (Å²) in [6, 6.07) is 10.5. The Morgan fingerprint density at radius 3 is 2.23 bits per heavy atom. The van der Waals surface area contributed by atoms with Gasteiger partial charge in [0, 0.05) is 64.5 Å². The summed E-state index contributed by atoms with van der Waals surface area (Å²) in [4.78, 5) is 90.2. The zero-order valence-corrected chi connectivity index (χ0v) is 36.2. The van der Waals surface area contributed by atoms with Crippen molar-refractivity contribution in [3.8, 4) is 0 Å². The molecule has 6 aliphatic rings. The van der Waals surface area contributed by atoms with E-state index in [1.165, 1.54) is 11.6 Å². The van der Waals surface area contributed by atoms with Gasteiger partial charge in [-0.2, -0.15) is 4.98 Å². The summed E-state index contributed by atoms with van der Waals surface area (Å²) in [5, 5.41) is 13.9. The average Bonchev–Trinajstić information content (AvgIpc) is 4.05. The Morgan fingerprint density at radius 1 is 0.906 bits per heavy atom. The van der Waals surface area contributed by atoms with Gasteiger partial charge in [0.05, 0.1) is 28.9 Å². The first-order valence-corrected chi connectivity index (χ1v) is 22.5. The molecule has 338 valence electrons. The van der Waals surface area contributed by atoms with E-state index in [4.69, 9.17) is 10.7 Å². The van der Waals surface area contributed by atoms with E-state index in [9.17, 15) is 28.8 Å². The van der Waals surface area contributed by atoms with Crippen molar-refractivity contribution in [2.24, 2.45) is 17.6 Å². The number of primary amides is 1. The van der Waals surface area contributed by atoms with Crippen LogP contribution >= 0.6 is 0 Å². The number of carbonyl (C=O) groups excluding carboxylic acids is 6. The van der Waals surface area contributed by atoms with Crippen LogP contribution in [0.5, 0.6) is 0 Å². The molecule has 2 aromatic carbocycles. The molecule has 64 heavy (non-hydrogen) atoms. The smallest absolute Gasteiger partial charge is 0.320 e. The van der Waals surface area contributed by atoms with Crippen LogP contribution in [0.2, 0.25) is 0 Å². The molecule has 4 atom stereocenters. The average molecular weight is 879 g/mol. The van der Waals surface area contributed by atoms with Crippen molar-refractivity contribution in [2.75, 3.05) is 74.5 Å². The second-order valence-electron chi connectivity index (χ2n) is 18.4. The molecule has 4 unspecified atom stereocenters. The molecule has 3 aromatic rings. The third-order valence-corrected chi connectivity index (χ3v) is 14.4. The lowest BCUT2D eigenvalue weighted by molar-refractivity contribution is -0.125. The number of rotatable bonds is 14. The van der Waals surface area contributed by atoms with Crippen molar-refractivity contribution in [2.45, 2.75) is 82.3 Å². The van der Waals surface area contributed by atoms with Gasteiger partial charge in [-0.05, 0) is 113 Å².